The Kier molecular flexibility index (Phi) is 3.82. The van der Waals surface area contributed by atoms with Crippen molar-refractivity contribution in [2.75, 3.05) is 19.7 Å². The SMILES string of the molecule is CC1CN(C(=O)C2CCCC2N)CCCO1. The first-order chi connectivity index (χ1) is 7.68. The summed E-state index contributed by atoms with van der Waals surface area (Å²) in [7, 11) is 0. The highest BCUT2D eigenvalue weighted by molar-refractivity contribution is 5.80. The highest BCUT2D eigenvalue weighted by Crippen LogP contribution is 2.26. The molecule has 4 heteroatoms. The number of carbonyl (C=O) groups is 1. The molecule has 0 aromatic heterocycles. The molecule has 2 N–H and O–H groups in total. The van der Waals surface area contributed by atoms with Crippen LogP contribution in [0.1, 0.15) is 32.6 Å². The van der Waals surface area contributed by atoms with E-state index >= 15 is 0 Å². The Balaban J connectivity index is 1.97. The molecule has 1 aliphatic heterocycles. The second kappa shape index (κ2) is 5.15. The normalized spacial score (nSPS) is 36.1. The van der Waals surface area contributed by atoms with Crippen molar-refractivity contribution in [1.82, 2.24) is 4.90 Å². The number of hydrogen-bond acceptors (Lipinski definition) is 3. The van der Waals surface area contributed by atoms with Gasteiger partial charge in [-0.05, 0) is 26.2 Å². The summed E-state index contributed by atoms with van der Waals surface area (Å²) in [5.74, 6) is 0.313. The first kappa shape index (κ1) is 11.9. The van der Waals surface area contributed by atoms with Crippen LogP contribution in [0.2, 0.25) is 0 Å². The van der Waals surface area contributed by atoms with Gasteiger partial charge in [-0.15, -0.1) is 0 Å². The van der Waals surface area contributed by atoms with Gasteiger partial charge >= 0.3 is 0 Å². The standard InChI is InChI=1S/C12H22N2O2/c1-9-8-14(6-3-7-16-9)12(15)10-4-2-5-11(10)13/h9-11H,2-8,13H2,1H3. The summed E-state index contributed by atoms with van der Waals surface area (Å²) in [6.07, 6.45) is 4.15. The van der Waals surface area contributed by atoms with E-state index in [0.29, 0.717) is 0 Å². The molecule has 3 unspecified atom stereocenters. The smallest absolute Gasteiger partial charge is 0.227 e. The van der Waals surface area contributed by atoms with E-state index in [4.69, 9.17) is 10.5 Å². The molecule has 3 atom stereocenters. The highest BCUT2D eigenvalue weighted by Gasteiger charge is 2.34. The van der Waals surface area contributed by atoms with E-state index in [1.165, 1.54) is 0 Å². The van der Waals surface area contributed by atoms with Crippen LogP contribution in [0.5, 0.6) is 0 Å². The van der Waals surface area contributed by atoms with E-state index in [0.717, 1.165) is 45.4 Å². The molecule has 0 bridgehead atoms. The van der Waals surface area contributed by atoms with Crippen molar-refractivity contribution >= 4 is 5.91 Å². The Morgan fingerprint density at radius 3 is 2.88 bits per heavy atom. The van der Waals surface area contributed by atoms with Gasteiger partial charge in [-0.2, -0.15) is 0 Å². The van der Waals surface area contributed by atoms with Crippen molar-refractivity contribution in [2.45, 2.75) is 44.8 Å². The molecule has 16 heavy (non-hydrogen) atoms. The maximum atomic E-state index is 12.3. The van der Waals surface area contributed by atoms with E-state index in [1.807, 2.05) is 11.8 Å². The van der Waals surface area contributed by atoms with Gasteiger partial charge < -0.3 is 15.4 Å². The molecule has 0 spiro atoms. The van der Waals surface area contributed by atoms with Crippen LogP contribution in [-0.4, -0.2) is 42.6 Å². The van der Waals surface area contributed by atoms with Crippen molar-refractivity contribution in [3.05, 3.63) is 0 Å². The Hall–Kier alpha value is -0.610. The maximum absolute atomic E-state index is 12.3. The minimum absolute atomic E-state index is 0.0605. The number of amides is 1. The molecule has 92 valence electrons. The topological polar surface area (TPSA) is 55.6 Å². The molecule has 2 rings (SSSR count). The van der Waals surface area contributed by atoms with E-state index in [-0.39, 0.29) is 24.0 Å². The van der Waals surface area contributed by atoms with E-state index in [2.05, 4.69) is 0 Å². The van der Waals surface area contributed by atoms with Gasteiger partial charge in [0.1, 0.15) is 0 Å². The van der Waals surface area contributed by atoms with Crippen molar-refractivity contribution < 1.29 is 9.53 Å². The minimum atomic E-state index is 0.0605. The van der Waals surface area contributed by atoms with Crippen molar-refractivity contribution in [1.29, 1.82) is 0 Å². The summed E-state index contributed by atoms with van der Waals surface area (Å²) in [4.78, 5) is 14.3. The minimum Gasteiger partial charge on any atom is -0.377 e. The zero-order chi connectivity index (χ0) is 11.5. The Morgan fingerprint density at radius 1 is 1.38 bits per heavy atom. The second-order valence-corrected chi connectivity index (χ2v) is 5.02. The van der Waals surface area contributed by atoms with Crippen LogP contribution in [-0.2, 0) is 9.53 Å². The van der Waals surface area contributed by atoms with Crippen LogP contribution >= 0.6 is 0 Å². The Morgan fingerprint density at radius 2 is 2.19 bits per heavy atom. The number of ether oxygens (including phenoxy) is 1. The van der Waals surface area contributed by atoms with Crippen LogP contribution in [0, 0.1) is 5.92 Å². The Labute approximate surface area is 97.1 Å². The predicted molar refractivity (Wildman–Crippen MR) is 61.9 cm³/mol. The summed E-state index contributed by atoms with van der Waals surface area (Å²) < 4.78 is 5.55. The lowest BCUT2D eigenvalue weighted by atomic mass is 10.0. The largest absolute Gasteiger partial charge is 0.377 e. The summed E-state index contributed by atoms with van der Waals surface area (Å²) in [6.45, 7) is 4.34. The number of nitrogens with two attached hydrogens (primary N) is 1. The maximum Gasteiger partial charge on any atom is 0.227 e. The second-order valence-electron chi connectivity index (χ2n) is 5.02. The molecule has 2 aliphatic rings. The molecule has 1 heterocycles. The van der Waals surface area contributed by atoms with Gasteiger partial charge in [0, 0.05) is 25.7 Å². The lowest BCUT2D eigenvalue weighted by Crippen LogP contribution is -2.44. The summed E-state index contributed by atoms with van der Waals surface area (Å²) in [6, 6.07) is 0.0759. The van der Waals surface area contributed by atoms with Gasteiger partial charge in [0.05, 0.1) is 12.0 Å². The van der Waals surface area contributed by atoms with Gasteiger partial charge in [-0.1, -0.05) is 6.42 Å². The van der Waals surface area contributed by atoms with Crippen LogP contribution in [0.3, 0.4) is 0 Å². The summed E-state index contributed by atoms with van der Waals surface area (Å²) in [5.41, 5.74) is 5.98. The third kappa shape index (κ3) is 2.55. The molecular formula is C12H22N2O2. The first-order valence-corrected chi connectivity index (χ1v) is 6.34. The molecule has 1 aliphatic carbocycles. The lowest BCUT2D eigenvalue weighted by molar-refractivity contribution is -0.136. The molecule has 1 saturated carbocycles. The summed E-state index contributed by atoms with van der Waals surface area (Å²) in [5, 5.41) is 0. The van der Waals surface area contributed by atoms with Crippen LogP contribution < -0.4 is 5.73 Å². The van der Waals surface area contributed by atoms with Crippen LogP contribution in [0.15, 0.2) is 0 Å². The molecule has 0 radical (unpaired) electrons. The van der Waals surface area contributed by atoms with Crippen molar-refractivity contribution in [3.8, 4) is 0 Å². The summed E-state index contributed by atoms with van der Waals surface area (Å²) >= 11 is 0. The molecule has 4 nitrogen and oxygen atoms in total. The Bertz CT molecular complexity index is 257. The molecular weight excluding hydrogens is 204 g/mol. The zero-order valence-electron chi connectivity index (χ0n) is 10.0. The molecule has 1 saturated heterocycles. The number of hydrogen-bond donors (Lipinski definition) is 1. The zero-order valence-corrected chi connectivity index (χ0v) is 10.0. The van der Waals surface area contributed by atoms with Gasteiger partial charge in [-0.3, -0.25) is 4.79 Å². The van der Waals surface area contributed by atoms with Crippen molar-refractivity contribution in [2.24, 2.45) is 11.7 Å². The van der Waals surface area contributed by atoms with Gasteiger partial charge in [-0.25, -0.2) is 0 Å². The third-order valence-corrected chi connectivity index (χ3v) is 3.65. The van der Waals surface area contributed by atoms with Gasteiger partial charge in [0.15, 0.2) is 0 Å². The van der Waals surface area contributed by atoms with E-state index in [9.17, 15) is 4.79 Å². The molecule has 1 amide bonds. The van der Waals surface area contributed by atoms with E-state index < -0.39 is 0 Å². The highest BCUT2D eigenvalue weighted by atomic mass is 16.5. The van der Waals surface area contributed by atoms with Gasteiger partial charge in [0.25, 0.3) is 0 Å². The third-order valence-electron chi connectivity index (χ3n) is 3.65. The molecule has 2 fully saturated rings. The fraction of sp³-hybridized carbons (Fsp3) is 0.917. The molecule has 0 aromatic carbocycles. The lowest BCUT2D eigenvalue weighted by Gasteiger charge is -2.26. The average Bonchev–Trinajstić information content (AvgIpc) is 2.55. The number of nitrogens with zero attached hydrogens (tertiary/aromatic N) is 1. The van der Waals surface area contributed by atoms with E-state index in [1.54, 1.807) is 0 Å². The number of rotatable bonds is 1. The van der Waals surface area contributed by atoms with Gasteiger partial charge in [0.2, 0.25) is 5.91 Å². The molecule has 0 aromatic rings. The quantitative estimate of drug-likeness (QED) is 0.718. The fourth-order valence-electron chi connectivity index (χ4n) is 2.72. The van der Waals surface area contributed by atoms with Crippen molar-refractivity contribution in [3.63, 3.8) is 0 Å². The fourth-order valence-corrected chi connectivity index (χ4v) is 2.72. The number of carbonyl (C=O) groups excluding carboxylic acids is 1. The van der Waals surface area contributed by atoms with Crippen LogP contribution in [0.4, 0.5) is 0 Å². The predicted octanol–water partition coefficient (Wildman–Crippen LogP) is 0.751. The van der Waals surface area contributed by atoms with Crippen LogP contribution in [0.25, 0.3) is 0 Å². The monoisotopic (exact) mass is 226 g/mol. The average molecular weight is 226 g/mol. The first-order valence-electron chi connectivity index (χ1n) is 6.34.